The Bertz CT molecular complexity index is 1030. The highest BCUT2D eigenvalue weighted by Gasteiger charge is 2.42. The zero-order valence-corrected chi connectivity index (χ0v) is 21.2. The van der Waals surface area contributed by atoms with E-state index in [2.05, 4.69) is 22.3 Å². The fourth-order valence-electron chi connectivity index (χ4n) is 5.65. The molecule has 0 radical (unpaired) electrons. The Morgan fingerprint density at radius 3 is 2.29 bits per heavy atom. The smallest absolute Gasteiger partial charge is 0.256 e. The molecule has 8 heteroatoms. The number of nitrogens with zero attached hydrogens (tertiary/aromatic N) is 2. The number of likely N-dealkylation sites (tertiary alicyclic amines) is 2. The second kappa shape index (κ2) is 10.9. The summed E-state index contributed by atoms with van der Waals surface area (Å²) in [6, 6.07) is 15.3. The first-order valence-electron chi connectivity index (χ1n) is 12.4. The fraction of sp³-hybridized carbons (Fsp3) is 0.481. The highest BCUT2D eigenvalue weighted by atomic mass is 35.5. The summed E-state index contributed by atoms with van der Waals surface area (Å²) < 4.78 is 5.40. The molecular weight excluding hydrogens is 485 g/mol. The van der Waals surface area contributed by atoms with Gasteiger partial charge in [-0.1, -0.05) is 59.6 Å². The van der Waals surface area contributed by atoms with Crippen LogP contribution in [0.25, 0.3) is 0 Å². The van der Waals surface area contributed by atoms with Gasteiger partial charge in [0.05, 0.1) is 34.2 Å². The van der Waals surface area contributed by atoms with Gasteiger partial charge in [-0.25, -0.2) is 0 Å². The summed E-state index contributed by atoms with van der Waals surface area (Å²) in [5, 5.41) is 4.08. The van der Waals surface area contributed by atoms with Crippen molar-refractivity contribution in [3.05, 3.63) is 69.7 Å². The van der Waals surface area contributed by atoms with Gasteiger partial charge in [-0.15, -0.1) is 0 Å². The van der Waals surface area contributed by atoms with E-state index in [9.17, 15) is 9.59 Å². The molecule has 35 heavy (non-hydrogen) atoms. The molecule has 3 fully saturated rings. The van der Waals surface area contributed by atoms with Crippen LogP contribution in [0.1, 0.15) is 34.8 Å². The Labute approximate surface area is 216 Å². The lowest BCUT2D eigenvalue weighted by Gasteiger charge is -2.25. The van der Waals surface area contributed by atoms with E-state index in [1.54, 1.807) is 18.2 Å². The molecule has 3 aliphatic heterocycles. The lowest BCUT2D eigenvalue weighted by molar-refractivity contribution is -0.125. The predicted molar refractivity (Wildman–Crippen MR) is 137 cm³/mol. The lowest BCUT2D eigenvalue weighted by Crippen LogP contribution is -2.37. The first-order chi connectivity index (χ1) is 17.0. The molecule has 0 aromatic heterocycles. The summed E-state index contributed by atoms with van der Waals surface area (Å²) in [4.78, 5) is 30.2. The molecule has 5 rings (SSSR count). The summed E-state index contributed by atoms with van der Waals surface area (Å²) in [6.07, 6.45) is 1.64. The van der Waals surface area contributed by atoms with E-state index < -0.39 is 0 Å². The maximum atomic E-state index is 13.1. The van der Waals surface area contributed by atoms with Crippen LogP contribution in [0.5, 0.6) is 0 Å². The topological polar surface area (TPSA) is 61.9 Å². The van der Waals surface area contributed by atoms with Gasteiger partial charge in [0.1, 0.15) is 0 Å². The number of carbonyl (C=O) groups excluding carboxylic acids is 2. The summed E-state index contributed by atoms with van der Waals surface area (Å²) in [7, 11) is 0. The third-order valence-corrected chi connectivity index (χ3v) is 8.21. The van der Waals surface area contributed by atoms with E-state index in [4.69, 9.17) is 27.9 Å². The minimum absolute atomic E-state index is 0.0230. The molecule has 2 aromatic rings. The van der Waals surface area contributed by atoms with Crippen LogP contribution in [0.2, 0.25) is 10.0 Å². The molecule has 6 nitrogen and oxygen atoms in total. The van der Waals surface area contributed by atoms with E-state index in [0.29, 0.717) is 40.7 Å². The molecule has 3 heterocycles. The Hall–Kier alpha value is -2.12. The Kier molecular flexibility index (Phi) is 7.63. The number of carbonyl (C=O) groups is 2. The third-order valence-electron chi connectivity index (χ3n) is 7.58. The second-order valence-corrected chi connectivity index (χ2v) is 10.7. The van der Waals surface area contributed by atoms with E-state index >= 15 is 0 Å². The average Bonchev–Trinajstić information content (AvgIpc) is 3.59. The van der Waals surface area contributed by atoms with Crippen LogP contribution in [-0.2, 0) is 9.53 Å². The van der Waals surface area contributed by atoms with Crippen molar-refractivity contribution in [3.8, 4) is 0 Å². The van der Waals surface area contributed by atoms with Crippen LogP contribution in [0.4, 0.5) is 0 Å². The van der Waals surface area contributed by atoms with Gasteiger partial charge in [0, 0.05) is 39.3 Å². The number of amides is 2. The highest BCUT2D eigenvalue weighted by molar-refractivity contribution is 6.39. The summed E-state index contributed by atoms with van der Waals surface area (Å²) >= 11 is 12.5. The zero-order chi connectivity index (χ0) is 24.4. The fourth-order valence-corrected chi connectivity index (χ4v) is 6.21. The van der Waals surface area contributed by atoms with Crippen LogP contribution in [0.3, 0.4) is 0 Å². The summed E-state index contributed by atoms with van der Waals surface area (Å²) in [5.74, 6) is 0.843. The molecule has 0 spiro atoms. The molecular formula is C27H31Cl2N3O3. The minimum Gasteiger partial charge on any atom is -0.381 e. The number of hydrogen-bond acceptors (Lipinski definition) is 4. The Morgan fingerprint density at radius 2 is 1.66 bits per heavy atom. The van der Waals surface area contributed by atoms with Gasteiger partial charge in [0.2, 0.25) is 5.91 Å². The molecule has 3 aliphatic rings. The van der Waals surface area contributed by atoms with E-state index in [-0.39, 0.29) is 23.8 Å². The van der Waals surface area contributed by atoms with Crippen molar-refractivity contribution in [2.24, 2.45) is 17.8 Å². The molecule has 186 valence electrons. The highest BCUT2D eigenvalue weighted by Crippen LogP contribution is 2.34. The van der Waals surface area contributed by atoms with Gasteiger partial charge < -0.3 is 19.9 Å². The number of hydrogen-bond donors (Lipinski definition) is 1. The van der Waals surface area contributed by atoms with Crippen LogP contribution in [0.15, 0.2) is 48.5 Å². The maximum Gasteiger partial charge on any atom is 0.256 e. The number of halogens is 2. The average molecular weight is 516 g/mol. The first kappa shape index (κ1) is 24.6. The quantitative estimate of drug-likeness (QED) is 0.597. The number of ether oxygens (including phenoxy) is 1. The Morgan fingerprint density at radius 1 is 0.971 bits per heavy atom. The largest absolute Gasteiger partial charge is 0.381 e. The molecule has 0 saturated carbocycles. The molecule has 0 aliphatic carbocycles. The van der Waals surface area contributed by atoms with Gasteiger partial charge in [0.25, 0.3) is 5.91 Å². The van der Waals surface area contributed by atoms with E-state index in [1.165, 1.54) is 0 Å². The predicted octanol–water partition coefficient (Wildman–Crippen LogP) is 4.28. The van der Waals surface area contributed by atoms with Crippen molar-refractivity contribution in [1.29, 1.82) is 0 Å². The molecule has 3 saturated heterocycles. The maximum absolute atomic E-state index is 13.1. The van der Waals surface area contributed by atoms with Crippen molar-refractivity contribution >= 4 is 35.0 Å². The van der Waals surface area contributed by atoms with Gasteiger partial charge in [-0.3, -0.25) is 9.59 Å². The van der Waals surface area contributed by atoms with Crippen molar-refractivity contribution in [1.82, 2.24) is 15.1 Å². The molecule has 1 N–H and O–H groups in total. The van der Waals surface area contributed by atoms with Gasteiger partial charge >= 0.3 is 0 Å². The lowest BCUT2D eigenvalue weighted by atomic mass is 10.0. The monoisotopic (exact) mass is 515 g/mol. The van der Waals surface area contributed by atoms with Gasteiger partial charge in [-0.2, -0.15) is 0 Å². The molecule has 2 amide bonds. The van der Waals surface area contributed by atoms with Crippen LogP contribution in [0, 0.1) is 17.8 Å². The van der Waals surface area contributed by atoms with Crippen molar-refractivity contribution in [2.75, 3.05) is 45.9 Å². The first-order valence-corrected chi connectivity index (χ1v) is 13.1. The number of rotatable bonds is 7. The number of nitrogens with one attached hydrogen (secondary N) is 1. The van der Waals surface area contributed by atoms with Crippen LogP contribution in [-0.4, -0.2) is 67.6 Å². The SMILES string of the molecule is O=C(NC(CCN1CC2CN(C(=O)c3c(Cl)cccc3Cl)C[C@@H]2C1)c1ccccc1)C1CCOC1. The number of fused-ring (bicyclic) bond motifs is 1. The van der Waals surface area contributed by atoms with E-state index in [0.717, 1.165) is 51.1 Å². The Balaban J connectivity index is 1.17. The third kappa shape index (κ3) is 5.51. The van der Waals surface area contributed by atoms with Gasteiger partial charge in [-0.05, 0) is 42.4 Å². The van der Waals surface area contributed by atoms with Gasteiger partial charge in [0.15, 0.2) is 0 Å². The van der Waals surface area contributed by atoms with Crippen molar-refractivity contribution in [2.45, 2.75) is 18.9 Å². The second-order valence-electron chi connectivity index (χ2n) is 9.91. The van der Waals surface area contributed by atoms with Crippen molar-refractivity contribution < 1.29 is 14.3 Å². The molecule has 3 unspecified atom stereocenters. The van der Waals surface area contributed by atoms with Crippen LogP contribution >= 0.6 is 23.2 Å². The normalized spacial score (nSPS) is 25.0. The molecule has 4 atom stereocenters. The number of benzene rings is 2. The minimum atomic E-state index is -0.0794. The van der Waals surface area contributed by atoms with Crippen LogP contribution < -0.4 is 5.32 Å². The zero-order valence-electron chi connectivity index (χ0n) is 19.7. The summed E-state index contributed by atoms with van der Waals surface area (Å²) in [5.41, 5.74) is 1.54. The van der Waals surface area contributed by atoms with Crippen molar-refractivity contribution in [3.63, 3.8) is 0 Å². The van der Waals surface area contributed by atoms with E-state index in [1.807, 2.05) is 23.1 Å². The summed E-state index contributed by atoms with van der Waals surface area (Å²) in [6.45, 7) is 5.43. The molecule has 2 aromatic carbocycles. The molecule has 0 bridgehead atoms. The standard InChI is InChI=1S/C27H31Cl2N3O3/c28-22-7-4-8-23(29)25(22)27(34)32-15-20-13-31(14-21(20)16-32)11-9-24(18-5-2-1-3-6-18)30-26(33)19-10-12-35-17-19/h1-8,19-21,24H,9-17H2,(H,30,33)/t19?,20-,21?,24?/m0/s1.